The molecule has 0 aromatic heterocycles. The molecule has 2 saturated heterocycles. The van der Waals surface area contributed by atoms with Crippen LogP contribution in [-0.4, -0.2) is 60.4 Å². The second kappa shape index (κ2) is 10.3. The second-order valence-corrected chi connectivity index (χ2v) is 8.37. The van der Waals surface area contributed by atoms with Gasteiger partial charge in [-0.25, -0.2) is 0 Å². The first-order valence-corrected chi connectivity index (χ1v) is 11.2. The average Bonchev–Trinajstić information content (AvgIpc) is 3.28. The van der Waals surface area contributed by atoms with Crippen LogP contribution in [0.1, 0.15) is 25.7 Å². The highest BCUT2D eigenvalue weighted by Gasteiger charge is 2.34. The summed E-state index contributed by atoms with van der Waals surface area (Å²) in [5.74, 6) is 0.937. The maximum absolute atomic E-state index is 13.1. The van der Waals surface area contributed by atoms with Gasteiger partial charge in [-0.1, -0.05) is 36.4 Å². The van der Waals surface area contributed by atoms with Crippen molar-refractivity contribution in [2.45, 2.75) is 31.7 Å². The van der Waals surface area contributed by atoms with Crippen LogP contribution in [-0.2, 0) is 9.59 Å². The number of amides is 2. The summed E-state index contributed by atoms with van der Waals surface area (Å²) in [6.45, 7) is 3.11. The first-order valence-electron chi connectivity index (χ1n) is 11.2. The Bertz CT molecular complexity index is 859. The normalized spacial score (nSPS) is 21.0. The summed E-state index contributed by atoms with van der Waals surface area (Å²) < 4.78 is 5.65. The highest BCUT2D eigenvalue weighted by atomic mass is 16.5. The number of nitrogens with one attached hydrogen (secondary N) is 1. The zero-order valence-electron chi connectivity index (χ0n) is 17.9. The molecule has 6 nitrogen and oxygen atoms in total. The fraction of sp³-hybridized carbons (Fsp3) is 0.440. The lowest BCUT2D eigenvalue weighted by Gasteiger charge is -2.34. The zero-order chi connectivity index (χ0) is 21.5. The van der Waals surface area contributed by atoms with Gasteiger partial charge >= 0.3 is 0 Å². The number of hydrogen-bond donors (Lipinski definition) is 1. The van der Waals surface area contributed by atoms with Crippen LogP contribution in [0.25, 0.3) is 0 Å². The van der Waals surface area contributed by atoms with Crippen molar-refractivity contribution in [3.63, 3.8) is 0 Å². The summed E-state index contributed by atoms with van der Waals surface area (Å²) in [7, 11) is 0. The maximum Gasteiger partial charge on any atom is 0.227 e. The van der Waals surface area contributed by atoms with Crippen LogP contribution in [0.4, 0.5) is 5.69 Å². The Morgan fingerprint density at radius 1 is 0.903 bits per heavy atom. The lowest BCUT2D eigenvalue weighted by Crippen LogP contribution is -2.46. The summed E-state index contributed by atoms with van der Waals surface area (Å²) in [5.41, 5.74) is 1.09. The molecule has 0 aliphatic carbocycles. The number of piperidine rings is 1. The molecule has 2 aromatic carbocycles. The molecule has 2 unspecified atom stereocenters. The van der Waals surface area contributed by atoms with E-state index < -0.39 is 0 Å². The van der Waals surface area contributed by atoms with Crippen molar-refractivity contribution in [3.05, 3.63) is 60.7 Å². The highest BCUT2D eigenvalue weighted by molar-refractivity contribution is 5.82. The molecule has 4 rings (SSSR count). The molecule has 2 aliphatic rings. The Balaban J connectivity index is 1.23. The Hall–Kier alpha value is -3.02. The molecule has 2 amide bonds. The van der Waals surface area contributed by atoms with E-state index in [0.29, 0.717) is 19.6 Å². The number of carbonyl (C=O) groups is 2. The number of likely N-dealkylation sites (tertiary alicyclic amines) is 2. The van der Waals surface area contributed by atoms with Crippen LogP contribution in [0.15, 0.2) is 60.7 Å². The minimum Gasteiger partial charge on any atom is -0.493 e. The molecule has 2 aliphatic heterocycles. The summed E-state index contributed by atoms with van der Waals surface area (Å²) in [6.07, 6.45) is 3.02. The molecule has 164 valence electrons. The summed E-state index contributed by atoms with van der Waals surface area (Å²) >= 11 is 0. The summed E-state index contributed by atoms with van der Waals surface area (Å²) in [4.78, 5) is 29.6. The van der Waals surface area contributed by atoms with Crippen molar-refractivity contribution >= 4 is 17.5 Å². The van der Waals surface area contributed by atoms with Crippen molar-refractivity contribution < 1.29 is 14.3 Å². The molecule has 2 aromatic rings. The van der Waals surface area contributed by atoms with Gasteiger partial charge in [0.2, 0.25) is 11.8 Å². The fourth-order valence-corrected chi connectivity index (χ4v) is 4.44. The van der Waals surface area contributed by atoms with E-state index in [1.54, 1.807) is 0 Å². The first kappa shape index (κ1) is 21.2. The van der Waals surface area contributed by atoms with Gasteiger partial charge in [-0.2, -0.15) is 0 Å². The number of rotatable bonds is 7. The summed E-state index contributed by atoms with van der Waals surface area (Å²) in [6, 6.07) is 19.9. The van der Waals surface area contributed by atoms with Gasteiger partial charge in [0.1, 0.15) is 5.75 Å². The van der Waals surface area contributed by atoms with E-state index in [4.69, 9.17) is 4.74 Å². The van der Waals surface area contributed by atoms with Gasteiger partial charge < -0.3 is 19.9 Å². The Morgan fingerprint density at radius 3 is 2.42 bits per heavy atom. The van der Waals surface area contributed by atoms with Crippen molar-refractivity contribution in [1.82, 2.24) is 9.80 Å². The fourth-order valence-electron chi connectivity index (χ4n) is 4.44. The molecule has 1 N–H and O–H groups in total. The second-order valence-electron chi connectivity index (χ2n) is 8.37. The first-order chi connectivity index (χ1) is 15.2. The predicted octanol–water partition coefficient (Wildman–Crippen LogP) is 3.41. The SMILES string of the molecule is O=C(CCOc1ccccc1)N1CCCC(C(=O)N2CCC(Nc3ccccc3)C2)C1. The lowest BCUT2D eigenvalue weighted by atomic mass is 9.96. The topological polar surface area (TPSA) is 61.9 Å². The molecular weight excluding hydrogens is 390 g/mol. The predicted molar refractivity (Wildman–Crippen MR) is 121 cm³/mol. The molecule has 0 saturated carbocycles. The van der Waals surface area contributed by atoms with Crippen molar-refractivity contribution in [2.75, 3.05) is 38.1 Å². The number of ether oxygens (including phenoxy) is 1. The van der Waals surface area contributed by atoms with E-state index in [-0.39, 0.29) is 23.8 Å². The maximum atomic E-state index is 13.1. The molecule has 31 heavy (non-hydrogen) atoms. The van der Waals surface area contributed by atoms with Gasteiger partial charge in [0.25, 0.3) is 0 Å². The van der Waals surface area contributed by atoms with Gasteiger partial charge in [-0.15, -0.1) is 0 Å². The number of carbonyl (C=O) groups excluding carboxylic acids is 2. The van der Waals surface area contributed by atoms with Crippen molar-refractivity contribution in [3.8, 4) is 5.75 Å². The van der Waals surface area contributed by atoms with Crippen molar-refractivity contribution in [1.29, 1.82) is 0 Å². The van der Waals surface area contributed by atoms with Gasteiger partial charge in [-0.3, -0.25) is 9.59 Å². The Labute approximate surface area is 184 Å². The number of para-hydroxylation sites is 2. The third kappa shape index (κ3) is 5.78. The van der Waals surface area contributed by atoms with Crippen LogP contribution < -0.4 is 10.1 Å². The zero-order valence-corrected chi connectivity index (χ0v) is 17.9. The Kier molecular flexibility index (Phi) is 7.07. The number of nitrogens with zero attached hydrogens (tertiary/aromatic N) is 2. The van der Waals surface area contributed by atoms with Crippen LogP contribution >= 0.6 is 0 Å². The van der Waals surface area contributed by atoms with Crippen LogP contribution in [0.2, 0.25) is 0 Å². The minimum absolute atomic E-state index is 0.0680. The largest absolute Gasteiger partial charge is 0.493 e. The van der Waals surface area contributed by atoms with Gasteiger partial charge in [0.05, 0.1) is 18.9 Å². The Morgan fingerprint density at radius 2 is 1.65 bits per heavy atom. The van der Waals surface area contributed by atoms with E-state index in [2.05, 4.69) is 17.4 Å². The molecule has 2 heterocycles. The van der Waals surface area contributed by atoms with Gasteiger partial charge in [0.15, 0.2) is 0 Å². The highest BCUT2D eigenvalue weighted by Crippen LogP contribution is 2.23. The molecule has 6 heteroatoms. The average molecular weight is 422 g/mol. The molecule has 0 bridgehead atoms. The molecule has 0 radical (unpaired) electrons. The van der Waals surface area contributed by atoms with E-state index in [1.165, 1.54) is 0 Å². The van der Waals surface area contributed by atoms with Crippen LogP contribution in [0, 0.1) is 5.92 Å². The third-order valence-corrected chi connectivity index (χ3v) is 6.10. The van der Waals surface area contributed by atoms with E-state index in [1.807, 2.05) is 58.3 Å². The number of anilines is 1. The monoisotopic (exact) mass is 421 g/mol. The van der Waals surface area contributed by atoms with E-state index in [9.17, 15) is 9.59 Å². The number of benzene rings is 2. The molecular formula is C25H31N3O3. The molecule has 0 spiro atoms. The quantitative estimate of drug-likeness (QED) is 0.744. The lowest BCUT2D eigenvalue weighted by molar-refractivity contribution is -0.140. The third-order valence-electron chi connectivity index (χ3n) is 6.10. The van der Waals surface area contributed by atoms with Crippen LogP contribution in [0.3, 0.4) is 0 Å². The smallest absolute Gasteiger partial charge is 0.227 e. The van der Waals surface area contributed by atoms with Gasteiger partial charge in [-0.05, 0) is 43.5 Å². The van der Waals surface area contributed by atoms with Gasteiger partial charge in [0, 0.05) is 37.9 Å². The van der Waals surface area contributed by atoms with E-state index in [0.717, 1.165) is 50.3 Å². The van der Waals surface area contributed by atoms with E-state index >= 15 is 0 Å². The number of hydrogen-bond acceptors (Lipinski definition) is 4. The van der Waals surface area contributed by atoms with Crippen molar-refractivity contribution in [2.24, 2.45) is 5.92 Å². The minimum atomic E-state index is -0.0942. The molecule has 2 fully saturated rings. The van der Waals surface area contributed by atoms with Crippen LogP contribution in [0.5, 0.6) is 5.75 Å². The molecule has 2 atom stereocenters. The standard InChI is InChI=1S/C25H31N3O3/c29-24(14-17-31-23-11-5-2-6-12-23)27-15-7-8-20(18-27)25(30)28-16-13-22(19-28)26-21-9-3-1-4-10-21/h1-6,9-12,20,22,26H,7-8,13-19H2. The summed E-state index contributed by atoms with van der Waals surface area (Å²) in [5, 5.41) is 3.52.